The van der Waals surface area contributed by atoms with Gasteiger partial charge in [0.25, 0.3) is 0 Å². The van der Waals surface area contributed by atoms with Crippen LogP contribution in [-0.2, 0) is 12.8 Å². The zero-order chi connectivity index (χ0) is 19.5. The van der Waals surface area contributed by atoms with E-state index >= 15 is 0 Å². The summed E-state index contributed by atoms with van der Waals surface area (Å²) in [5, 5.41) is 9.62. The van der Waals surface area contributed by atoms with Crippen LogP contribution >= 0.6 is 0 Å². The number of nitrogens with zero attached hydrogens (tertiary/aromatic N) is 1. The molecule has 2 aliphatic heterocycles. The maximum Gasteiger partial charge on any atom is 0.339 e. The van der Waals surface area contributed by atoms with E-state index < -0.39 is 5.97 Å². The molecule has 0 atom stereocenters. The summed E-state index contributed by atoms with van der Waals surface area (Å²) < 4.78 is 6.07. The van der Waals surface area contributed by atoms with Gasteiger partial charge >= 0.3 is 5.97 Å². The third kappa shape index (κ3) is 3.93. The fraction of sp³-hybridized carbons (Fsp3) is 0.458. The first-order valence-corrected chi connectivity index (χ1v) is 10.5. The number of piperidine rings is 1. The molecule has 0 saturated carbocycles. The number of aromatic carboxylic acids is 1. The molecule has 0 amide bonds. The van der Waals surface area contributed by atoms with Crippen LogP contribution in [0, 0.1) is 5.92 Å². The third-order valence-electron chi connectivity index (χ3n) is 6.18. The highest BCUT2D eigenvalue weighted by Gasteiger charge is 2.27. The number of hydrogen-bond acceptors (Lipinski definition) is 3. The van der Waals surface area contributed by atoms with Gasteiger partial charge in [0.2, 0.25) is 0 Å². The molecule has 2 aromatic carbocycles. The Labute approximate surface area is 167 Å². The second-order valence-electron chi connectivity index (χ2n) is 8.11. The Hall–Kier alpha value is -2.33. The van der Waals surface area contributed by atoms with Gasteiger partial charge in [0.05, 0.1) is 0 Å². The molecule has 2 aliphatic rings. The van der Waals surface area contributed by atoms with Crippen molar-refractivity contribution in [3.05, 3.63) is 58.7 Å². The van der Waals surface area contributed by atoms with E-state index in [9.17, 15) is 9.90 Å². The van der Waals surface area contributed by atoms with Crippen molar-refractivity contribution in [1.29, 1.82) is 0 Å². The molecule has 0 aromatic heterocycles. The van der Waals surface area contributed by atoms with Gasteiger partial charge in [-0.1, -0.05) is 37.6 Å². The average molecular weight is 380 g/mol. The second-order valence-corrected chi connectivity index (χ2v) is 8.11. The molecule has 2 aromatic rings. The molecule has 148 valence electrons. The van der Waals surface area contributed by atoms with Crippen LogP contribution in [0.15, 0.2) is 36.4 Å². The normalized spacial score (nSPS) is 16.9. The first-order valence-electron chi connectivity index (χ1n) is 10.5. The quantitative estimate of drug-likeness (QED) is 0.645. The number of unbranched alkanes of at least 4 members (excludes halogenated alkanes) is 1. The van der Waals surface area contributed by atoms with Crippen molar-refractivity contribution in [1.82, 2.24) is 4.90 Å². The van der Waals surface area contributed by atoms with Gasteiger partial charge in [0.15, 0.2) is 0 Å². The topological polar surface area (TPSA) is 49.8 Å². The number of carboxylic acids is 1. The van der Waals surface area contributed by atoms with Gasteiger partial charge in [0, 0.05) is 12.0 Å². The van der Waals surface area contributed by atoms with Gasteiger partial charge in [-0.2, -0.15) is 0 Å². The summed E-state index contributed by atoms with van der Waals surface area (Å²) in [7, 11) is 0. The minimum atomic E-state index is -0.925. The number of rotatable bonds is 6. The Balaban J connectivity index is 1.54. The Bertz CT molecular complexity index is 853. The van der Waals surface area contributed by atoms with E-state index in [1.807, 2.05) is 24.3 Å². The zero-order valence-corrected chi connectivity index (χ0v) is 16.6. The van der Waals surface area contributed by atoms with Crippen LogP contribution in [0.5, 0.6) is 11.5 Å². The van der Waals surface area contributed by atoms with Crippen LogP contribution < -0.4 is 4.74 Å². The number of hydrogen-bond donors (Lipinski definition) is 1. The molecule has 1 saturated heterocycles. The predicted octanol–water partition coefficient (Wildman–Crippen LogP) is 5.14. The van der Waals surface area contributed by atoms with Crippen LogP contribution in [0.1, 0.15) is 59.7 Å². The van der Waals surface area contributed by atoms with E-state index in [1.165, 1.54) is 50.9 Å². The van der Waals surface area contributed by atoms with Crippen LogP contribution in [-0.4, -0.2) is 35.6 Å². The smallest absolute Gasteiger partial charge is 0.339 e. The standard InChI is InChI=1S/C24H29NO3/c1-2-3-12-25-13-10-17(11-14-25)15-18-8-9-20(24(26)27)23-21(18)16-19-6-4-5-7-22(19)28-23/h4-9,17H,2-3,10-16H2,1H3,(H,26,27). The summed E-state index contributed by atoms with van der Waals surface area (Å²) in [6.07, 6.45) is 6.73. The largest absolute Gasteiger partial charge is 0.478 e. The minimum Gasteiger partial charge on any atom is -0.478 e. The first kappa shape index (κ1) is 19.0. The maximum absolute atomic E-state index is 11.7. The van der Waals surface area contributed by atoms with E-state index in [2.05, 4.69) is 17.9 Å². The molecule has 0 aliphatic carbocycles. The molecule has 0 spiro atoms. The highest BCUT2D eigenvalue weighted by molar-refractivity contribution is 5.92. The summed E-state index contributed by atoms with van der Waals surface area (Å²) in [6, 6.07) is 11.7. The molecule has 4 nitrogen and oxygen atoms in total. The highest BCUT2D eigenvalue weighted by atomic mass is 16.5. The Morgan fingerprint density at radius 1 is 1.18 bits per heavy atom. The summed E-state index contributed by atoms with van der Waals surface area (Å²) in [4.78, 5) is 14.3. The number of para-hydroxylation sites is 1. The number of ether oxygens (including phenoxy) is 1. The van der Waals surface area contributed by atoms with Crippen molar-refractivity contribution in [2.45, 2.75) is 45.4 Å². The van der Waals surface area contributed by atoms with Gasteiger partial charge in [-0.15, -0.1) is 0 Å². The fourth-order valence-corrected chi connectivity index (χ4v) is 4.50. The predicted molar refractivity (Wildman–Crippen MR) is 110 cm³/mol. The molecule has 0 radical (unpaired) electrons. The van der Waals surface area contributed by atoms with E-state index in [1.54, 1.807) is 6.07 Å². The van der Waals surface area contributed by atoms with E-state index in [4.69, 9.17) is 4.74 Å². The van der Waals surface area contributed by atoms with Gasteiger partial charge < -0.3 is 14.7 Å². The van der Waals surface area contributed by atoms with Crippen LogP contribution in [0.2, 0.25) is 0 Å². The minimum absolute atomic E-state index is 0.266. The fourth-order valence-electron chi connectivity index (χ4n) is 4.50. The molecule has 0 bridgehead atoms. The van der Waals surface area contributed by atoms with Crippen molar-refractivity contribution in [2.24, 2.45) is 5.92 Å². The molecule has 1 N–H and O–H groups in total. The molecular formula is C24H29NO3. The van der Waals surface area contributed by atoms with Crippen LogP contribution in [0.4, 0.5) is 0 Å². The Kier molecular flexibility index (Phi) is 5.67. The van der Waals surface area contributed by atoms with Crippen molar-refractivity contribution in [3.63, 3.8) is 0 Å². The average Bonchev–Trinajstić information content (AvgIpc) is 2.72. The van der Waals surface area contributed by atoms with Crippen molar-refractivity contribution in [2.75, 3.05) is 19.6 Å². The Morgan fingerprint density at radius 3 is 2.71 bits per heavy atom. The highest BCUT2D eigenvalue weighted by Crippen LogP contribution is 2.41. The van der Waals surface area contributed by atoms with E-state index in [-0.39, 0.29) is 5.56 Å². The summed E-state index contributed by atoms with van der Waals surface area (Å²) in [5.74, 6) is 1.06. The SMILES string of the molecule is CCCCN1CCC(Cc2ccc(C(=O)O)c3c2Cc2ccccc2O3)CC1. The zero-order valence-electron chi connectivity index (χ0n) is 16.6. The number of benzene rings is 2. The van der Waals surface area contributed by atoms with E-state index in [0.29, 0.717) is 11.7 Å². The molecule has 4 rings (SSSR count). The van der Waals surface area contributed by atoms with Crippen molar-refractivity contribution >= 4 is 5.97 Å². The number of fused-ring (bicyclic) bond motifs is 2. The molecule has 1 fully saturated rings. The van der Waals surface area contributed by atoms with Gasteiger partial charge in [-0.05, 0) is 74.5 Å². The van der Waals surface area contributed by atoms with Gasteiger partial charge in [-0.3, -0.25) is 0 Å². The van der Waals surface area contributed by atoms with Crippen molar-refractivity contribution in [3.8, 4) is 11.5 Å². The van der Waals surface area contributed by atoms with Crippen molar-refractivity contribution < 1.29 is 14.6 Å². The third-order valence-corrected chi connectivity index (χ3v) is 6.18. The molecule has 28 heavy (non-hydrogen) atoms. The van der Waals surface area contributed by atoms with Gasteiger partial charge in [-0.25, -0.2) is 4.79 Å². The summed E-state index contributed by atoms with van der Waals surface area (Å²) in [5.41, 5.74) is 3.71. The monoisotopic (exact) mass is 379 g/mol. The molecule has 0 unspecified atom stereocenters. The number of carbonyl (C=O) groups is 1. The van der Waals surface area contributed by atoms with E-state index in [0.717, 1.165) is 29.7 Å². The molecule has 4 heteroatoms. The number of likely N-dealkylation sites (tertiary alicyclic amines) is 1. The lowest BCUT2D eigenvalue weighted by atomic mass is 9.85. The lowest BCUT2D eigenvalue weighted by Crippen LogP contribution is -2.35. The lowest BCUT2D eigenvalue weighted by molar-refractivity contribution is 0.0693. The summed E-state index contributed by atoms with van der Waals surface area (Å²) in [6.45, 7) is 5.83. The maximum atomic E-state index is 11.7. The van der Waals surface area contributed by atoms with Crippen LogP contribution in [0.25, 0.3) is 0 Å². The second kappa shape index (κ2) is 8.36. The van der Waals surface area contributed by atoms with Crippen LogP contribution in [0.3, 0.4) is 0 Å². The van der Waals surface area contributed by atoms with Gasteiger partial charge in [0.1, 0.15) is 17.1 Å². The summed E-state index contributed by atoms with van der Waals surface area (Å²) >= 11 is 0. The lowest BCUT2D eigenvalue weighted by Gasteiger charge is -2.33. The number of carboxylic acid groups (broad SMARTS) is 1. The molecule has 2 heterocycles. The molecular weight excluding hydrogens is 350 g/mol. The Morgan fingerprint density at radius 2 is 1.96 bits per heavy atom. The first-order chi connectivity index (χ1) is 13.7.